The number of furan rings is 1. The van der Waals surface area contributed by atoms with Crippen LogP contribution >= 0.6 is 12.2 Å². The molecule has 148 valence electrons. The topological polar surface area (TPSA) is 97.4 Å². The number of anilines is 1. The van der Waals surface area contributed by atoms with Crippen LogP contribution in [0.4, 0.5) is 11.4 Å². The normalized spacial score (nSPS) is 10.6. The van der Waals surface area contributed by atoms with Crippen LogP contribution in [-0.4, -0.2) is 15.9 Å². The zero-order valence-corrected chi connectivity index (χ0v) is 16.7. The molecule has 2 aromatic carbocycles. The molecule has 0 saturated heterocycles. The minimum Gasteiger partial charge on any atom is -0.451 e. The number of rotatable bonds is 5. The third kappa shape index (κ3) is 4.67. The van der Waals surface area contributed by atoms with Crippen LogP contribution in [0.25, 0.3) is 11.3 Å². The molecular weight excluding hydrogens is 390 g/mol. The SMILES string of the molecule is CC(C)c1ccccc1NC(=S)NC(=O)c1ccc(-c2ccccc2[N+](=O)[O-])o1. The number of benzene rings is 2. The molecule has 1 aromatic heterocycles. The van der Waals surface area contributed by atoms with E-state index in [1.54, 1.807) is 18.2 Å². The van der Waals surface area contributed by atoms with E-state index in [2.05, 4.69) is 24.5 Å². The van der Waals surface area contributed by atoms with Crippen molar-refractivity contribution in [2.45, 2.75) is 19.8 Å². The van der Waals surface area contributed by atoms with Gasteiger partial charge in [0.25, 0.3) is 11.6 Å². The summed E-state index contributed by atoms with van der Waals surface area (Å²) >= 11 is 5.24. The van der Waals surface area contributed by atoms with Crippen LogP contribution in [0.3, 0.4) is 0 Å². The number of hydrogen-bond acceptors (Lipinski definition) is 5. The van der Waals surface area contributed by atoms with E-state index < -0.39 is 10.8 Å². The van der Waals surface area contributed by atoms with Crippen molar-refractivity contribution in [2.75, 3.05) is 5.32 Å². The smallest absolute Gasteiger partial charge is 0.293 e. The summed E-state index contributed by atoms with van der Waals surface area (Å²) in [7, 11) is 0. The maximum atomic E-state index is 12.5. The lowest BCUT2D eigenvalue weighted by molar-refractivity contribution is -0.384. The number of nitro groups is 1. The van der Waals surface area contributed by atoms with Gasteiger partial charge in [0, 0.05) is 11.8 Å². The van der Waals surface area contributed by atoms with Gasteiger partial charge in [-0.15, -0.1) is 0 Å². The number of carbonyl (C=O) groups is 1. The molecule has 0 aliphatic carbocycles. The number of para-hydroxylation sites is 2. The first-order valence-electron chi connectivity index (χ1n) is 8.91. The van der Waals surface area contributed by atoms with Gasteiger partial charge in [-0.05, 0) is 48.0 Å². The molecule has 0 spiro atoms. The van der Waals surface area contributed by atoms with Gasteiger partial charge in [-0.2, -0.15) is 0 Å². The Balaban J connectivity index is 1.73. The highest BCUT2D eigenvalue weighted by Crippen LogP contribution is 2.30. The molecule has 1 amide bonds. The van der Waals surface area contributed by atoms with Crippen molar-refractivity contribution in [3.8, 4) is 11.3 Å². The fourth-order valence-electron chi connectivity index (χ4n) is 2.88. The van der Waals surface area contributed by atoms with Gasteiger partial charge in [0.15, 0.2) is 10.9 Å². The zero-order valence-electron chi connectivity index (χ0n) is 15.8. The van der Waals surface area contributed by atoms with Crippen molar-refractivity contribution >= 4 is 34.6 Å². The number of nitrogens with zero attached hydrogens (tertiary/aromatic N) is 1. The van der Waals surface area contributed by atoms with E-state index in [0.717, 1.165) is 11.3 Å². The van der Waals surface area contributed by atoms with Crippen LogP contribution in [0, 0.1) is 10.1 Å². The highest BCUT2D eigenvalue weighted by Gasteiger charge is 2.20. The summed E-state index contributed by atoms with van der Waals surface area (Å²) in [4.78, 5) is 23.2. The van der Waals surface area contributed by atoms with Crippen LogP contribution in [0.5, 0.6) is 0 Å². The number of hydrogen-bond donors (Lipinski definition) is 2. The molecule has 0 radical (unpaired) electrons. The van der Waals surface area contributed by atoms with Crippen molar-refractivity contribution in [2.24, 2.45) is 0 Å². The Kier molecular flexibility index (Phi) is 6.04. The summed E-state index contributed by atoms with van der Waals surface area (Å²) in [6.07, 6.45) is 0. The summed E-state index contributed by atoms with van der Waals surface area (Å²) in [5, 5.41) is 16.9. The zero-order chi connectivity index (χ0) is 21.0. The monoisotopic (exact) mass is 409 g/mol. The second kappa shape index (κ2) is 8.66. The van der Waals surface area contributed by atoms with Crippen LogP contribution in [0.15, 0.2) is 65.1 Å². The van der Waals surface area contributed by atoms with Crippen LogP contribution in [-0.2, 0) is 0 Å². The maximum Gasteiger partial charge on any atom is 0.293 e. The van der Waals surface area contributed by atoms with Gasteiger partial charge in [0.2, 0.25) is 0 Å². The molecular formula is C21H19N3O4S. The molecule has 3 rings (SSSR count). The number of carbonyl (C=O) groups excluding carboxylic acids is 1. The van der Waals surface area contributed by atoms with E-state index in [-0.39, 0.29) is 28.2 Å². The number of amides is 1. The molecule has 0 saturated carbocycles. The highest BCUT2D eigenvalue weighted by molar-refractivity contribution is 7.80. The minimum atomic E-state index is -0.547. The van der Waals surface area contributed by atoms with Crippen molar-refractivity contribution in [3.63, 3.8) is 0 Å². The van der Waals surface area contributed by atoms with E-state index in [9.17, 15) is 14.9 Å². The Hall–Kier alpha value is -3.52. The Labute approximate surface area is 172 Å². The average molecular weight is 409 g/mol. The Morgan fingerprint density at radius 1 is 1.07 bits per heavy atom. The second-order valence-electron chi connectivity index (χ2n) is 6.59. The molecule has 0 fully saturated rings. The fraction of sp³-hybridized carbons (Fsp3) is 0.143. The molecule has 0 bridgehead atoms. The summed E-state index contributed by atoms with van der Waals surface area (Å²) in [6, 6.07) is 16.8. The van der Waals surface area contributed by atoms with E-state index >= 15 is 0 Å². The second-order valence-corrected chi connectivity index (χ2v) is 7.00. The molecule has 2 N–H and O–H groups in total. The van der Waals surface area contributed by atoms with Crippen molar-refractivity contribution < 1.29 is 14.1 Å². The lowest BCUT2D eigenvalue weighted by Crippen LogP contribution is -2.34. The van der Waals surface area contributed by atoms with Gasteiger partial charge in [0.1, 0.15) is 5.76 Å². The van der Waals surface area contributed by atoms with Crippen LogP contribution < -0.4 is 10.6 Å². The van der Waals surface area contributed by atoms with Crippen LogP contribution in [0.2, 0.25) is 0 Å². The van der Waals surface area contributed by atoms with Gasteiger partial charge >= 0.3 is 0 Å². The predicted octanol–water partition coefficient (Wildman–Crippen LogP) is 5.11. The molecule has 0 unspecified atom stereocenters. The maximum absolute atomic E-state index is 12.5. The summed E-state index contributed by atoms with van der Waals surface area (Å²) in [6.45, 7) is 4.13. The average Bonchev–Trinajstić information content (AvgIpc) is 3.18. The molecule has 0 aliphatic rings. The fourth-order valence-corrected chi connectivity index (χ4v) is 3.08. The molecule has 29 heavy (non-hydrogen) atoms. The summed E-state index contributed by atoms with van der Waals surface area (Å²) in [5.41, 5.74) is 2.08. The summed E-state index contributed by atoms with van der Waals surface area (Å²) in [5.74, 6) is -0.0354. The van der Waals surface area contributed by atoms with E-state index in [4.69, 9.17) is 16.6 Å². The van der Waals surface area contributed by atoms with E-state index in [1.165, 1.54) is 18.2 Å². The Morgan fingerprint density at radius 2 is 1.76 bits per heavy atom. The van der Waals surface area contributed by atoms with Crippen molar-refractivity contribution in [1.82, 2.24) is 5.32 Å². The Morgan fingerprint density at radius 3 is 2.48 bits per heavy atom. The Bertz CT molecular complexity index is 1080. The first-order chi connectivity index (χ1) is 13.9. The van der Waals surface area contributed by atoms with Gasteiger partial charge in [0.05, 0.1) is 10.5 Å². The summed E-state index contributed by atoms with van der Waals surface area (Å²) < 4.78 is 5.53. The van der Waals surface area contributed by atoms with Crippen molar-refractivity contribution in [1.29, 1.82) is 0 Å². The molecule has 8 heteroatoms. The largest absolute Gasteiger partial charge is 0.451 e. The van der Waals surface area contributed by atoms with Gasteiger partial charge in [-0.3, -0.25) is 20.2 Å². The highest BCUT2D eigenvalue weighted by atomic mass is 32.1. The number of nitrogens with one attached hydrogen (secondary N) is 2. The molecule has 7 nitrogen and oxygen atoms in total. The first kappa shape index (κ1) is 20.2. The third-order valence-corrected chi connectivity index (χ3v) is 4.46. The first-order valence-corrected chi connectivity index (χ1v) is 9.32. The standard InChI is InChI=1S/C21H19N3O4S/c1-13(2)14-7-3-5-9-16(14)22-21(29)23-20(25)19-12-11-18(28-19)15-8-4-6-10-17(15)24(26)27/h3-13H,1-2H3,(H2,22,23,25,29). The molecule has 0 aliphatic heterocycles. The number of nitro benzene ring substituents is 1. The molecule has 0 atom stereocenters. The third-order valence-electron chi connectivity index (χ3n) is 4.25. The lowest BCUT2D eigenvalue weighted by Gasteiger charge is -2.15. The predicted molar refractivity (Wildman–Crippen MR) is 115 cm³/mol. The molecule has 3 aromatic rings. The van der Waals surface area contributed by atoms with Crippen molar-refractivity contribution in [3.05, 3.63) is 82.1 Å². The van der Waals surface area contributed by atoms with Gasteiger partial charge in [-0.25, -0.2) is 0 Å². The van der Waals surface area contributed by atoms with Gasteiger partial charge in [-0.1, -0.05) is 44.2 Å². The minimum absolute atomic E-state index is 0.000513. The lowest BCUT2D eigenvalue weighted by atomic mass is 10.0. The number of thiocarbonyl (C=S) groups is 1. The van der Waals surface area contributed by atoms with E-state index in [1.807, 2.05) is 24.3 Å². The quantitative estimate of drug-likeness (QED) is 0.345. The van der Waals surface area contributed by atoms with E-state index in [0.29, 0.717) is 5.56 Å². The van der Waals surface area contributed by atoms with Crippen LogP contribution in [0.1, 0.15) is 35.9 Å². The molecule has 1 heterocycles. The van der Waals surface area contributed by atoms with Gasteiger partial charge < -0.3 is 9.73 Å².